The molecule has 1 aromatic rings. The SMILES string of the molecule is CC1=C(C)C(C)C(c2ccc([Si](C)(C)C)cc2)=C1C. The lowest BCUT2D eigenvalue weighted by Gasteiger charge is -2.18. The summed E-state index contributed by atoms with van der Waals surface area (Å²) in [5, 5.41) is 1.54. The van der Waals surface area contributed by atoms with Gasteiger partial charge >= 0.3 is 0 Å². The van der Waals surface area contributed by atoms with Crippen LogP contribution in [-0.2, 0) is 0 Å². The van der Waals surface area contributed by atoms with Gasteiger partial charge in [-0.1, -0.05) is 61.6 Å². The molecule has 1 heteroatoms. The van der Waals surface area contributed by atoms with Gasteiger partial charge in [0.25, 0.3) is 0 Å². The van der Waals surface area contributed by atoms with Crippen molar-refractivity contribution in [2.24, 2.45) is 5.92 Å². The third-order valence-corrected chi connectivity index (χ3v) is 6.77. The van der Waals surface area contributed by atoms with E-state index in [9.17, 15) is 0 Å². The monoisotopic (exact) mass is 270 g/mol. The predicted octanol–water partition coefficient (Wildman–Crippen LogP) is 4.99. The van der Waals surface area contributed by atoms with E-state index < -0.39 is 8.07 Å². The summed E-state index contributed by atoms with van der Waals surface area (Å²) in [6.45, 7) is 16.3. The molecular weight excluding hydrogens is 244 g/mol. The van der Waals surface area contributed by atoms with Gasteiger partial charge < -0.3 is 0 Å². The average molecular weight is 270 g/mol. The molecule has 0 radical (unpaired) electrons. The first-order valence-electron chi connectivity index (χ1n) is 7.23. The van der Waals surface area contributed by atoms with E-state index in [0.717, 1.165) is 0 Å². The molecule has 19 heavy (non-hydrogen) atoms. The number of hydrogen-bond donors (Lipinski definition) is 0. The van der Waals surface area contributed by atoms with Gasteiger partial charge in [-0.15, -0.1) is 0 Å². The van der Waals surface area contributed by atoms with E-state index in [1.54, 1.807) is 5.19 Å². The molecule has 1 atom stereocenters. The van der Waals surface area contributed by atoms with E-state index in [2.05, 4.69) is 71.6 Å². The van der Waals surface area contributed by atoms with Crippen LogP contribution in [0.3, 0.4) is 0 Å². The van der Waals surface area contributed by atoms with Gasteiger partial charge in [0.2, 0.25) is 0 Å². The van der Waals surface area contributed by atoms with E-state index in [0.29, 0.717) is 5.92 Å². The molecular formula is C18H26Si. The van der Waals surface area contributed by atoms with E-state index in [-0.39, 0.29) is 0 Å². The quantitative estimate of drug-likeness (QED) is 0.664. The average Bonchev–Trinajstić information content (AvgIpc) is 2.53. The van der Waals surface area contributed by atoms with Crippen molar-refractivity contribution in [2.45, 2.75) is 47.3 Å². The summed E-state index contributed by atoms with van der Waals surface area (Å²) in [5.74, 6) is 0.567. The highest BCUT2D eigenvalue weighted by Gasteiger charge is 2.25. The van der Waals surface area contributed by atoms with Crippen LogP contribution in [0.15, 0.2) is 41.0 Å². The molecule has 0 aromatic heterocycles. The van der Waals surface area contributed by atoms with Crippen LogP contribution in [0.4, 0.5) is 0 Å². The summed E-state index contributed by atoms with van der Waals surface area (Å²) >= 11 is 0. The largest absolute Gasteiger partial charge is 0.0775 e. The lowest BCUT2D eigenvalue weighted by atomic mass is 9.92. The van der Waals surface area contributed by atoms with Crippen LogP contribution >= 0.6 is 0 Å². The second-order valence-electron chi connectivity index (χ2n) is 6.90. The molecule has 0 spiro atoms. The fourth-order valence-corrected chi connectivity index (χ4v) is 4.15. The normalized spacial score (nSPS) is 20.5. The third kappa shape index (κ3) is 2.49. The van der Waals surface area contributed by atoms with Gasteiger partial charge in [-0.3, -0.25) is 0 Å². The van der Waals surface area contributed by atoms with Crippen molar-refractivity contribution in [3.8, 4) is 0 Å². The Labute approximate surface area is 119 Å². The number of benzene rings is 1. The molecule has 0 amide bonds. The topological polar surface area (TPSA) is 0 Å². The first kappa shape index (κ1) is 14.3. The second-order valence-corrected chi connectivity index (χ2v) is 12.0. The van der Waals surface area contributed by atoms with E-state index >= 15 is 0 Å². The Morgan fingerprint density at radius 3 is 1.74 bits per heavy atom. The molecule has 0 saturated heterocycles. The smallest absolute Gasteiger partial charge is 0.0656 e. The molecule has 1 aromatic carbocycles. The zero-order valence-electron chi connectivity index (χ0n) is 13.4. The zero-order valence-corrected chi connectivity index (χ0v) is 14.4. The van der Waals surface area contributed by atoms with Crippen molar-refractivity contribution in [2.75, 3.05) is 0 Å². The lowest BCUT2D eigenvalue weighted by Crippen LogP contribution is -2.37. The molecule has 2 rings (SSSR count). The number of allylic oxidation sites excluding steroid dienone is 4. The van der Waals surface area contributed by atoms with Crippen molar-refractivity contribution in [3.05, 3.63) is 46.5 Å². The van der Waals surface area contributed by atoms with Crippen molar-refractivity contribution in [1.82, 2.24) is 0 Å². The van der Waals surface area contributed by atoms with Gasteiger partial charge in [0.15, 0.2) is 0 Å². The Morgan fingerprint density at radius 1 is 0.842 bits per heavy atom. The van der Waals surface area contributed by atoms with Gasteiger partial charge in [-0.05, 0) is 43.1 Å². The van der Waals surface area contributed by atoms with Gasteiger partial charge in [0.1, 0.15) is 0 Å². The second kappa shape index (κ2) is 4.79. The van der Waals surface area contributed by atoms with Crippen molar-refractivity contribution in [1.29, 1.82) is 0 Å². The van der Waals surface area contributed by atoms with Crippen molar-refractivity contribution in [3.63, 3.8) is 0 Å². The highest BCUT2D eigenvalue weighted by molar-refractivity contribution is 6.88. The standard InChI is InChI=1S/C18H26Si/c1-12-13(2)15(4)18(14(12)3)16-8-10-17(11-9-16)19(5,6)7/h8-11,14H,1-7H3. The highest BCUT2D eigenvalue weighted by atomic mass is 28.3. The summed E-state index contributed by atoms with van der Waals surface area (Å²) in [6.07, 6.45) is 0. The van der Waals surface area contributed by atoms with E-state index in [1.165, 1.54) is 27.9 Å². The Balaban J connectivity index is 2.41. The minimum atomic E-state index is -1.18. The fourth-order valence-electron chi connectivity index (χ4n) is 2.98. The summed E-state index contributed by atoms with van der Waals surface area (Å²) in [5.41, 5.74) is 7.42. The van der Waals surface area contributed by atoms with Gasteiger partial charge in [-0.25, -0.2) is 0 Å². The van der Waals surface area contributed by atoms with Gasteiger partial charge in [-0.2, -0.15) is 0 Å². The van der Waals surface area contributed by atoms with Crippen molar-refractivity contribution >= 4 is 18.8 Å². The molecule has 0 nitrogen and oxygen atoms in total. The molecule has 1 unspecified atom stereocenters. The van der Waals surface area contributed by atoms with Crippen LogP contribution in [-0.4, -0.2) is 8.07 Å². The first-order valence-corrected chi connectivity index (χ1v) is 10.7. The molecule has 1 aliphatic carbocycles. The lowest BCUT2D eigenvalue weighted by molar-refractivity contribution is 0.895. The predicted molar refractivity (Wildman–Crippen MR) is 89.6 cm³/mol. The Morgan fingerprint density at radius 2 is 1.37 bits per heavy atom. The molecule has 0 fully saturated rings. The molecule has 1 aliphatic rings. The number of rotatable bonds is 2. The highest BCUT2D eigenvalue weighted by Crippen LogP contribution is 2.41. The molecule has 0 bridgehead atoms. The maximum Gasteiger partial charge on any atom is 0.0775 e. The maximum absolute atomic E-state index is 2.40. The minimum absolute atomic E-state index is 0.567. The van der Waals surface area contributed by atoms with Crippen LogP contribution in [0.5, 0.6) is 0 Å². The van der Waals surface area contributed by atoms with Crippen LogP contribution < -0.4 is 5.19 Å². The first-order chi connectivity index (χ1) is 8.73. The van der Waals surface area contributed by atoms with Crippen LogP contribution in [0, 0.1) is 5.92 Å². The molecule has 0 N–H and O–H groups in total. The Bertz CT molecular complexity index is 550. The minimum Gasteiger partial charge on any atom is -0.0656 e. The summed E-state index contributed by atoms with van der Waals surface area (Å²) in [6, 6.07) is 9.35. The van der Waals surface area contributed by atoms with Crippen molar-refractivity contribution < 1.29 is 0 Å². The Hall–Kier alpha value is -1.08. The maximum atomic E-state index is 2.40. The van der Waals surface area contributed by atoms with Gasteiger partial charge in [0, 0.05) is 5.92 Å². The van der Waals surface area contributed by atoms with Gasteiger partial charge in [0.05, 0.1) is 8.07 Å². The molecule has 0 aliphatic heterocycles. The van der Waals surface area contributed by atoms with Crippen LogP contribution in [0.2, 0.25) is 19.6 Å². The summed E-state index contributed by atoms with van der Waals surface area (Å²) < 4.78 is 0. The molecule has 0 heterocycles. The van der Waals surface area contributed by atoms with Crippen LogP contribution in [0.25, 0.3) is 5.57 Å². The fraction of sp³-hybridized carbons (Fsp3) is 0.444. The van der Waals surface area contributed by atoms with Crippen LogP contribution in [0.1, 0.15) is 33.3 Å². The molecule has 0 saturated carbocycles. The number of hydrogen-bond acceptors (Lipinski definition) is 0. The Kier molecular flexibility index (Phi) is 3.61. The molecule has 102 valence electrons. The summed E-state index contributed by atoms with van der Waals surface area (Å²) in [7, 11) is -1.18. The zero-order chi connectivity index (χ0) is 14.4. The van der Waals surface area contributed by atoms with E-state index in [1.807, 2.05) is 0 Å². The summed E-state index contributed by atoms with van der Waals surface area (Å²) in [4.78, 5) is 0. The van der Waals surface area contributed by atoms with E-state index in [4.69, 9.17) is 0 Å². The third-order valence-electron chi connectivity index (χ3n) is 4.70.